The largest absolute Gasteiger partial charge is 0.228 e. The monoisotopic (exact) mass is 648 g/mol. The van der Waals surface area contributed by atoms with Crippen molar-refractivity contribution in [3.63, 3.8) is 0 Å². The van der Waals surface area contributed by atoms with Gasteiger partial charge in [-0.15, -0.1) is 0 Å². The van der Waals surface area contributed by atoms with Crippen LogP contribution >= 0.6 is 0 Å². The van der Waals surface area contributed by atoms with Gasteiger partial charge in [0.15, 0.2) is 5.82 Å². The fourth-order valence-corrected chi connectivity index (χ4v) is 10.8. The van der Waals surface area contributed by atoms with Gasteiger partial charge >= 0.3 is 0 Å². The number of rotatable bonds is 2. The molecule has 0 radical (unpaired) electrons. The van der Waals surface area contributed by atoms with Crippen molar-refractivity contribution in [2.24, 2.45) is 23.7 Å². The van der Waals surface area contributed by atoms with Crippen LogP contribution in [0.1, 0.15) is 17.0 Å². The fourth-order valence-electron chi connectivity index (χ4n) is 10.8. The number of benzene rings is 6. The summed E-state index contributed by atoms with van der Waals surface area (Å²) in [6.45, 7) is 0. The van der Waals surface area contributed by atoms with E-state index in [1.807, 2.05) is 0 Å². The standard InChI is InChI=1S/C49H32N2/c1-2-13-29(14-3-1)47-37-19-8-11-24-44(37)50-48(51-47)30-25-26-34-33-17-6-9-22-40(33)49(42(34)27-30)41-23-10-7-18-36(41)46-38-21-12-20-35-31-15-4-5-16-32(31)39(45(35)38)28-43(46)49/h1-28,33-34,40,42H. The second-order valence-electron chi connectivity index (χ2n) is 14.8. The molecule has 1 saturated carbocycles. The Bertz CT molecular complexity index is 2780. The number of hydrogen-bond donors (Lipinski definition) is 0. The van der Waals surface area contributed by atoms with Crippen LogP contribution in [0, 0.1) is 23.7 Å². The van der Waals surface area contributed by atoms with Crippen LogP contribution in [-0.4, -0.2) is 9.97 Å². The summed E-state index contributed by atoms with van der Waals surface area (Å²) in [6.07, 6.45) is 16.9. The van der Waals surface area contributed by atoms with Crippen LogP contribution in [0.25, 0.3) is 71.9 Å². The molecule has 0 bridgehead atoms. The van der Waals surface area contributed by atoms with Crippen molar-refractivity contribution in [1.82, 2.24) is 9.97 Å². The first-order valence-corrected chi connectivity index (χ1v) is 18.2. The minimum Gasteiger partial charge on any atom is -0.228 e. The molecule has 0 amide bonds. The van der Waals surface area contributed by atoms with E-state index in [4.69, 9.17) is 9.97 Å². The van der Waals surface area contributed by atoms with Crippen molar-refractivity contribution in [3.8, 4) is 44.6 Å². The molecule has 5 aliphatic rings. The van der Waals surface area contributed by atoms with Gasteiger partial charge in [-0.1, -0.05) is 158 Å². The average Bonchev–Trinajstić information content (AvgIpc) is 3.80. The zero-order valence-electron chi connectivity index (χ0n) is 27.9. The Hall–Kier alpha value is -6.12. The van der Waals surface area contributed by atoms with E-state index >= 15 is 0 Å². The molecule has 238 valence electrons. The molecule has 2 heteroatoms. The summed E-state index contributed by atoms with van der Waals surface area (Å²) in [5.74, 6) is 2.04. The highest BCUT2D eigenvalue weighted by Crippen LogP contribution is 2.69. The molecule has 5 aliphatic carbocycles. The van der Waals surface area contributed by atoms with E-state index in [-0.39, 0.29) is 11.3 Å². The smallest absolute Gasteiger partial charge is 0.160 e. The van der Waals surface area contributed by atoms with E-state index in [1.165, 1.54) is 55.3 Å². The SMILES string of the molecule is C1=CC2C3C=CC(c4nc(-c5ccccc5)c5ccccc5n4)=CC3C3(c4ccccc4-c4c3cc3c5c(cccc45)-c4ccccc4-3)C2C=C1. The lowest BCUT2D eigenvalue weighted by atomic mass is 9.62. The number of fused-ring (bicyclic) bond motifs is 15. The zero-order valence-corrected chi connectivity index (χ0v) is 27.9. The van der Waals surface area contributed by atoms with Gasteiger partial charge in [-0.05, 0) is 91.1 Å². The predicted octanol–water partition coefficient (Wildman–Crippen LogP) is 11.6. The predicted molar refractivity (Wildman–Crippen MR) is 209 cm³/mol. The first kappa shape index (κ1) is 27.7. The number of nitrogens with zero attached hydrogens (tertiary/aromatic N) is 2. The summed E-state index contributed by atoms with van der Waals surface area (Å²) in [5.41, 5.74) is 15.1. The summed E-state index contributed by atoms with van der Waals surface area (Å²) >= 11 is 0. The van der Waals surface area contributed by atoms with Gasteiger partial charge in [-0.25, -0.2) is 9.97 Å². The molecular weight excluding hydrogens is 617 g/mol. The highest BCUT2D eigenvalue weighted by molar-refractivity contribution is 6.20. The van der Waals surface area contributed by atoms with Crippen molar-refractivity contribution in [1.29, 1.82) is 0 Å². The summed E-state index contributed by atoms with van der Waals surface area (Å²) in [5, 5.41) is 3.84. The lowest BCUT2D eigenvalue weighted by Gasteiger charge is -2.39. The maximum atomic E-state index is 5.34. The van der Waals surface area contributed by atoms with Gasteiger partial charge in [0, 0.05) is 21.9 Å². The molecule has 51 heavy (non-hydrogen) atoms. The molecule has 7 aromatic rings. The molecule has 6 aromatic carbocycles. The van der Waals surface area contributed by atoms with Crippen LogP contribution in [0.5, 0.6) is 0 Å². The lowest BCUT2D eigenvalue weighted by molar-refractivity contribution is 0.372. The highest BCUT2D eigenvalue weighted by Gasteiger charge is 2.63. The fraction of sp³-hybridized carbons (Fsp3) is 0.102. The van der Waals surface area contributed by atoms with Gasteiger partial charge in [0.1, 0.15) is 0 Å². The first-order valence-electron chi connectivity index (χ1n) is 18.2. The van der Waals surface area contributed by atoms with Gasteiger partial charge in [0.05, 0.1) is 11.2 Å². The van der Waals surface area contributed by atoms with E-state index in [2.05, 4.69) is 170 Å². The Morgan fingerprint density at radius 3 is 2.12 bits per heavy atom. The number of para-hydroxylation sites is 1. The van der Waals surface area contributed by atoms with Crippen LogP contribution in [-0.2, 0) is 5.41 Å². The molecule has 1 heterocycles. The Labute approximate surface area is 296 Å². The third kappa shape index (κ3) is 3.47. The maximum absolute atomic E-state index is 5.34. The highest BCUT2D eigenvalue weighted by atomic mass is 14.9. The number of allylic oxidation sites excluding steroid dienone is 8. The van der Waals surface area contributed by atoms with E-state index in [9.17, 15) is 0 Å². The quantitative estimate of drug-likeness (QED) is 0.186. The van der Waals surface area contributed by atoms with Gasteiger partial charge in [0.25, 0.3) is 0 Å². The number of hydrogen-bond acceptors (Lipinski definition) is 2. The minimum atomic E-state index is -0.254. The molecule has 5 atom stereocenters. The molecule has 1 spiro atoms. The van der Waals surface area contributed by atoms with E-state index in [0.717, 1.165) is 33.6 Å². The first-order chi connectivity index (χ1) is 25.3. The summed E-state index contributed by atoms with van der Waals surface area (Å²) < 4.78 is 0. The summed E-state index contributed by atoms with van der Waals surface area (Å²) in [7, 11) is 0. The molecular formula is C49H32N2. The molecule has 1 fully saturated rings. The van der Waals surface area contributed by atoms with Crippen molar-refractivity contribution in [2.75, 3.05) is 0 Å². The molecule has 0 saturated heterocycles. The van der Waals surface area contributed by atoms with Gasteiger partial charge < -0.3 is 0 Å². The van der Waals surface area contributed by atoms with Crippen LogP contribution < -0.4 is 0 Å². The van der Waals surface area contributed by atoms with Crippen molar-refractivity contribution < 1.29 is 0 Å². The Balaban J connectivity index is 1.14. The molecule has 5 unspecified atom stereocenters. The van der Waals surface area contributed by atoms with Gasteiger partial charge in [-0.2, -0.15) is 0 Å². The molecule has 0 N–H and O–H groups in total. The average molecular weight is 649 g/mol. The van der Waals surface area contributed by atoms with Crippen LogP contribution in [0.4, 0.5) is 0 Å². The molecule has 2 nitrogen and oxygen atoms in total. The van der Waals surface area contributed by atoms with Crippen molar-refractivity contribution in [3.05, 3.63) is 187 Å². The topological polar surface area (TPSA) is 25.8 Å². The maximum Gasteiger partial charge on any atom is 0.160 e. The van der Waals surface area contributed by atoms with Gasteiger partial charge in [0.2, 0.25) is 0 Å². The summed E-state index contributed by atoms with van der Waals surface area (Å²) in [6, 6.07) is 46.8. The summed E-state index contributed by atoms with van der Waals surface area (Å²) in [4.78, 5) is 10.6. The molecule has 12 rings (SSSR count). The molecule has 0 aliphatic heterocycles. The zero-order chi connectivity index (χ0) is 33.3. The van der Waals surface area contributed by atoms with Crippen LogP contribution in [0.15, 0.2) is 170 Å². The molecule has 1 aromatic heterocycles. The van der Waals surface area contributed by atoms with Crippen LogP contribution in [0.3, 0.4) is 0 Å². The Morgan fingerprint density at radius 1 is 0.510 bits per heavy atom. The van der Waals surface area contributed by atoms with Crippen LogP contribution in [0.2, 0.25) is 0 Å². The van der Waals surface area contributed by atoms with Crippen molar-refractivity contribution in [2.45, 2.75) is 5.41 Å². The second kappa shape index (κ2) is 9.99. The van der Waals surface area contributed by atoms with E-state index in [1.54, 1.807) is 0 Å². The van der Waals surface area contributed by atoms with Gasteiger partial charge in [-0.3, -0.25) is 0 Å². The minimum absolute atomic E-state index is 0.210. The van der Waals surface area contributed by atoms with Crippen molar-refractivity contribution >= 4 is 27.2 Å². The van der Waals surface area contributed by atoms with E-state index in [0.29, 0.717) is 17.8 Å². The Morgan fingerprint density at radius 2 is 1.22 bits per heavy atom. The Kier molecular flexibility index (Phi) is 5.42. The third-order valence-corrected chi connectivity index (χ3v) is 12.6. The second-order valence-corrected chi connectivity index (χ2v) is 14.8. The lowest BCUT2D eigenvalue weighted by Crippen LogP contribution is -2.37. The normalized spacial score (nSPS) is 24.0. The third-order valence-electron chi connectivity index (χ3n) is 12.6. The van der Waals surface area contributed by atoms with E-state index < -0.39 is 0 Å². The number of aromatic nitrogens is 2.